The predicted molar refractivity (Wildman–Crippen MR) is 84.7 cm³/mol. The summed E-state index contributed by atoms with van der Waals surface area (Å²) >= 11 is 0. The van der Waals surface area contributed by atoms with E-state index < -0.39 is 21.9 Å². The van der Waals surface area contributed by atoms with E-state index in [0.29, 0.717) is 0 Å². The van der Waals surface area contributed by atoms with Crippen LogP contribution in [0.2, 0.25) is 0 Å². The molecule has 0 spiro atoms. The Morgan fingerprint density at radius 2 is 1.87 bits per heavy atom. The van der Waals surface area contributed by atoms with Crippen molar-refractivity contribution in [1.29, 1.82) is 0 Å². The third kappa shape index (κ3) is 5.97. The second-order valence-corrected chi connectivity index (χ2v) is 6.66. The number of para-hydroxylation sites is 1. The summed E-state index contributed by atoms with van der Waals surface area (Å²) in [6.07, 6.45) is 1.01. The van der Waals surface area contributed by atoms with E-state index in [4.69, 9.17) is 4.74 Å². The summed E-state index contributed by atoms with van der Waals surface area (Å²) in [5.41, 5.74) is 0.440. The van der Waals surface area contributed by atoms with Gasteiger partial charge in [0, 0.05) is 13.7 Å². The number of carbonyl (C=O) groups is 2. The lowest BCUT2D eigenvalue weighted by Gasteiger charge is -2.19. The van der Waals surface area contributed by atoms with Gasteiger partial charge in [0.1, 0.15) is 0 Å². The van der Waals surface area contributed by atoms with Gasteiger partial charge in [-0.3, -0.25) is 4.79 Å². The number of sulfonamides is 1. The molecule has 0 unspecified atom stereocenters. The molecule has 1 aromatic rings. The van der Waals surface area contributed by atoms with Crippen molar-refractivity contribution in [3.05, 3.63) is 29.8 Å². The van der Waals surface area contributed by atoms with Crippen molar-refractivity contribution in [1.82, 2.24) is 4.31 Å². The number of hydrogen-bond donors (Lipinski definition) is 1. The number of esters is 1. The Morgan fingerprint density at radius 1 is 1.22 bits per heavy atom. The van der Waals surface area contributed by atoms with Gasteiger partial charge in [0.2, 0.25) is 15.9 Å². The first-order valence-electron chi connectivity index (χ1n) is 6.71. The lowest BCUT2D eigenvalue weighted by molar-refractivity contribution is -0.116. The van der Waals surface area contributed by atoms with E-state index in [1.165, 1.54) is 26.4 Å². The van der Waals surface area contributed by atoms with Crippen molar-refractivity contribution in [2.75, 3.05) is 45.5 Å². The molecule has 1 N–H and O–H groups in total. The van der Waals surface area contributed by atoms with Crippen molar-refractivity contribution in [3.63, 3.8) is 0 Å². The number of benzene rings is 1. The molecule has 0 heterocycles. The van der Waals surface area contributed by atoms with Crippen LogP contribution < -0.4 is 5.32 Å². The molecular formula is C14H20N2O6S. The maximum Gasteiger partial charge on any atom is 0.339 e. The van der Waals surface area contributed by atoms with Crippen LogP contribution in [0.3, 0.4) is 0 Å². The molecule has 0 aliphatic carbocycles. The Morgan fingerprint density at radius 3 is 2.43 bits per heavy atom. The zero-order valence-corrected chi connectivity index (χ0v) is 14.1. The maximum atomic E-state index is 12.1. The number of carbonyl (C=O) groups excluding carboxylic acids is 2. The Kier molecular flexibility index (Phi) is 7.14. The highest BCUT2D eigenvalue weighted by molar-refractivity contribution is 7.88. The van der Waals surface area contributed by atoms with E-state index in [2.05, 4.69) is 10.1 Å². The van der Waals surface area contributed by atoms with Crippen LogP contribution in [0.1, 0.15) is 10.4 Å². The average Bonchev–Trinajstić information content (AvgIpc) is 2.50. The molecule has 0 aliphatic heterocycles. The van der Waals surface area contributed by atoms with E-state index in [-0.39, 0.29) is 30.9 Å². The van der Waals surface area contributed by atoms with Crippen LogP contribution in [0.25, 0.3) is 0 Å². The second kappa shape index (κ2) is 8.61. The summed E-state index contributed by atoms with van der Waals surface area (Å²) in [4.78, 5) is 23.7. The van der Waals surface area contributed by atoms with Crippen molar-refractivity contribution in [2.24, 2.45) is 0 Å². The summed E-state index contributed by atoms with van der Waals surface area (Å²) in [7, 11) is -0.884. The second-order valence-electron chi connectivity index (χ2n) is 4.67. The van der Waals surface area contributed by atoms with Gasteiger partial charge in [0.05, 0.1) is 37.8 Å². The molecular weight excluding hydrogens is 324 g/mol. The quantitative estimate of drug-likeness (QED) is 0.682. The number of nitrogens with one attached hydrogen (secondary N) is 1. The maximum absolute atomic E-state index is 12.1. The van der Waals surface area contributed by atoms with Crippen molar-refractivity contribution in [3.8, 4) is 0 Å². The van der Waals surface area contributed by atoms with Gasteiger partial charge in [-0.05, 0) is 12.1 Å². The molecule has 8 nitrogen and oxygen atoms in total. The summed E-state index contributed by atoms with van der Waals surface area (Å²) < 4.78 is 33.8. The van der Waals surface area contributed by atoms with Gasteiger partial charge in [-0.2, -0.15) is 4.31 Å². The van der Waals surface area contributed by atoms with Crippen molar-refractivity contribution < 1.29 is 27.5 Å². The summed E-state index contributed by atoms with van der Waals surface area (Å²) in [5, 5.41) is 2.52. The molecule has 0 radical (unpaired) electrons. The minimum Gasteiger partial charge on any atom is -0.465 e. The predicted octanol–water partition coefficient (Wildman–Crippen LogP) is 0.320. The molecule has 0 saturated carbocycles. The molecule has 0 saturated heterocycles. The normalized spacial score (nSPS) is 11.3. The van der Waals surface area contributed by atoms with Gasteiger partial charge in [-0.1, -0.05) is 12.1 Å². The van der Waals surface area contributed by atoms with Gasteiger partial charge < -0.3 is 14.8 Å². The summed E-state index contributed by atoms with van der Waals surface area (Å²) in [6, 6.07) is 6.30. The molecule has 0 bridgehead atoms. The molecule has 0 aliphatic rings. The van der Waals surface area contributed by atoms with E-state index in [0.717, 1.165) is 10.6 Å². The largest absolute Gasteiger partial charge is 0.465 e. The van der Waals surface area contributed by atoms with Crippen LogP contribution in [0.4, 0.5) is 5.69 Å². The van der Waals surface area contributed by atoms with E-state index >= 15 is 0 Å². The van der Waals surface area contributed by atoms with Gasteiger partial charge in [-0.25, -0.2) is 13.2 Å². The summed E-state index contributed by atoms with van der Waals surface area (Å²) in [5.74, 6) is -1.16. The minimum absolute atomic E-state index is 0.0569. The number of amides is 1. The van der Waals surface area contributed by atoms with Crippen LogP contribution in [-0.2, 0) is 24.3 Å². The number of hydrogen-bond acceptors (Lipinski definition) is 6. The zero-order chi connectivity index (χ0) is 17.5. The molecule has 0 aromatic heterocycles. The first kappa shape index (κ1) is 19.1. The molecule has 0 atom stereocenters. The molecule has 1 amide bonds. The van der Waals surface area contributed by atoms with Crippen LogP contribution in [-0.4, -0.2) is 64.8 Å². The Bertz CT molecular complexity index is 659. The van der Waals surface area contributed by atoms with Crippen LogP contribution in [0.5, 0.6) is 0 Å². The minimum atomic E-state index is -3.55. The molecule has 1 rings (SSSR count). The van der Waals surface area contributed by atoms with Crippen molar-refractivity contribution >= 4 is 27.6 Å². The zero-order valence-electron chi connectivity index (χ0n) is 13.2. The fourth-order valence-electron chi connectivity index (χ4n) is 1.79. The first-order valence-corrected chi connectivity index (χ1v) is 8.55. The highest BCUT2D eigenvalue weighted by Crippen LogP contribution is 2.16. The summed E-state index contributed by atoms with van der Waals surface area (Å²) in [6.45, 7) is -0.155. The third-order valence-electron chi connectivity index (χ3n) is 2.94. The number of anilines is 1. The highest BCUT2D eigenvalue weighted by Gasteiger charge is 2.21. The highest BCUT2D eigenvalue weighted by atomic mass is 32.2. The third-order valence-corrected chi connectivity index (χ3v) is 4.19. The molecule has 128 valence electrons. The Hall–Kier alpha value is -1.97. The SMILES string of the molecule is COCCN(CC(=O)Nc1ccccc1C(=O)OC)S(C)(=O)=O. The fraction of sp³-hybridized carbons (Fsp3) is 0.429. The van der Waals surface area contributed by atoms with Gasteiger partial charge in [0.15, 0.2) is 0 Å². The Balaban J connectivity index is 2.85. The van der Waals surface area contributed by atoms with E-state index in [9.17, 15) is 18.0 Å². The number of rotatable bonds is 8. The number of nitrogens with zero attached hydrogens (tertiary/aromatic N) is 1. The molecule has 1 aromatic carbocycles. The van der Waals surface area contributed by atoms with Crippen LogP contribution >= 0.6 is 0 Å². The smallest absolute Gasteiger partial charge is 0.339 e. The average molecular weight is 344 g/mol. The van der Waals surface area contributed by atoms with E-state index in [1.807, 2.05) is 0 Å². The lowest BCUT2D eigenvalue weighted by atomic mass is 10.2. The van der Waals surface area contributed by atoms with Gasteiger partial charge in [-0.15, -0.1) is 0 Å². The van der Waals surface area contributed by atoms with Crippen LogP contribution in [0.15, 0.2) is 24.3 Å². The molecule has 23 heavy (non-hydrogen) atoms. The Labute approximate surface area is 135 Å². The first-order chi connectivity index (χ1) is 10.8. The number of methoxy groups -OCH3 is 2. The van der Waals surface area contributed by atoms with E-state index in [1.54, 1.807) is 12.1 Å². The molecule has 0 fully saturated rings. The van der Waals surface area contributed by atoms with Crippen molar-refractivity contribution in [2.45, 2.75) is 0 Å². The lowest BCUT2D eigenvalue weighted by Crippen LogP contribution is -2.39. The van der Waals surface area contributed by atoms with Crippen LogP contribution in [0, 0.1) is 0 Å². The monoisotopic (exact) mass is 344 g/mol. The topological polar surface area (TPSA) is 102 Å². The fourth-order valence-corrected chi connectivity index (χ4v) is 2.54. The standard InChI is InChI=1S/C14H20N2O6S/c1-21-9-8-16(23(3,19)20)10-13(17)15-12-7-5-4-6-11(12)14(18)22-2/h4-7H,8-10H2,1-3H3,(H,15,17). The van der Waals surface area contributed by atoms with Gasteiger partial charge >= 0.3 is 5.97 Å². The molecule has 9 heteroatoms. The number of ether oxygens (including phenoxy) is 2. The van der Waals surface area contributed by atoms with Gasteiger partial charge in [0.25, 0.3) is 0 Å².